The number of Topliss-reactive ketones (excluding diaryl/α,β-unsaturated/α-hetero) is 1. The van der Waals surface area contributed by atoms with Crippen molar-refractivity contribution < 1.29 is 22.4 Å². The first kappa shape index (κ1) is 14.8. The maximum absolute atomic E-state index is 13.2. The van der Waals surface area contributed by atoms with Gasteiger partial charge >= 0.3 is 6.18 Å². The van der Waals surface area contributed by atoms with Crippen LogP contribution in [0.25, 0.3) is 0 Å². The second-order valence-corrected chi connectivity index (χ2v) is 5.13. The summed E-state index contributed by atoms with van der Waals surface area (Å²) in [6.45, 7) is 2.05. The number of hydrogen-bond acceptors (Lipinski definition) is 1. The molecule has 0 spiro atoms. The molecule has 1 aliphatic carbocycles. The third kappa shape index (κ3) is 3.08. The Bertz CT molecular complexity index is 557. The lowest BCUT2D eigenvalue weighted by molar-refractivity contribution is -0.140. The summed E-state index contributed by atoms with van der Waals surface area (Å²) in [4.78, 5) is 12.1. The molecule has 0 saturated carbocycles. The van der Waals surface area contributed by atoms with Crippen LogP contribution in [0.2, 0.25) is 0 Å². The number of allylic oxidation sites excluding steroid dienone is 2. The molecule has 108 valence electrons. The number of hydrogen-bond donors (Lipinski definition) is 0. The van der Waals surface area contributed by atoms with Crippen molar-refractivity contribution in [3.63, 3.8) is 0 Å². The van der Waals surface area contributed by atoms with Crippen molar-refractivity contribution in [2.24, 2.45) is 5.92 Å². The van der Waals surface area contributed by atoms with E-state index in [0.29, 0.717) is 30.0 Å². The summed E-state index contributed by atoms with van der Waals surface area (Å²) >= 11 is 0. The molecule has 1 atom stereocenters. The van der Waals surface area contributed by atoms with Crippen molar-refractivity contribution in [3.05, 3.63) is 46.8 Å². The molecule has 1 aromatic carbocycles. The minimum Gasteiger partial charge on any atom is -0.289 e. The van der Waals surface area contributed by atoms with Gasteiger partial charge in [0, 0.05) is 5.56 Å². The molecule has 0 N–H and O–H groups in total. The Kier molecular flexibility index (Phi) is 3.97. The second-order valence-electron chi connectivity index (χ2n) is 5.13. The van der Waals surface area contributed by atoms with E-state index in [1.165, 1.54) is 0 Å². The zero-order valence-corrected chi connectivity index (χ0v) is 10.9. The molecule has 0 heterocycles. The van der Waals surface area contributed by atoms with Crippen molar-refractivity contribution in [1.82, 2.24) is 0 Å². The standard InChI is InChI=1S/C15H14F4O/c1-9-2-4-10(5-3-9)14(20)11-6-7-13(16)12(8-11)15(17,18)19/h4,6-9H,2-3,5H2,1H3. The highest BCUT2D eigenvalue weighted by atomic mass is 19.4. The highest BCUT2D eigenvalue weighted by Crippen LogP contribution is 2.33. The Morgan fingerprint density at radius 3 is 2.55 bits per heavy atom. The van der Waals surface area contributed by atoms with Crippen LogP contribution in [0.4, 0.5) is 17.6 Å². The van der Waals surface area contributed by atoms with E-state index in [0.717, 1.165) is 18.9 Å². The fourth-order valence-corrected chi connectivity index (χ4v) is 2.24. The minimum atomic E-state index is -4.80. The zero-order chi connectivity index (χ0) is 14.9. The Hall–Kier alpha value is -1.65. The van der Waals surface area contributed by atoms with Crippen LogP contribution in [-0.4, -0.2) is 5.78 Å². The van der Waals surface area contributed by atoms with Gasteiger partial charge in [-0.25, -0.2) is 4.39 Å². The van der Waals surface area contributed by atoms with E-state index in [1.54, 1.807) is 6.08 Å². The molecule has 0 aliphatic heterocycles. The molecule has 0 radical (unpaired) electrons. The van der Waals surface area contributed by atoms with E-state index in [9.17, 15) is 22.4 Å². The lowest BCUT2D eigenvalue weighted by Gasteiger charge is -2.17. The molecular formula is C15H14F4O. The first-order valence-corrected chi connectivity index (χ1v) is 6.39. The van der Waals surface area contributed by atoms with Gasteiger partial charge in [0.25, 0.3) is 0 Å². The van der Waals surface area contributed by atoms with Gasteiger partial charge in [0.15, 0.2) is 5.78 Å². The summed E-state index contributed by atoms with van der Waals surface area (Å²) < 4.78 is 51.0. The van der Waals surface area contributed by atoms with Crippen molar-refractivity contribution >= 4 is 5.78 Å². The molecule has 0 aromatic heterocycles. The minimum absolute atomic E-state index is 0.112. The van der Waals surface area contributed by atoms with Gasteiger partial charge in [-0.1, -0.05) is 13.0 Å². The summed E-state index contributed by atoms with van der Waals surface area (Å²) in [5, 5.41) is 0. The number of halogens is 4. The van der Waals surface area contributed by atoms with Crippen LogP contribution in [0.15, 0.2) is 29.8 Å². The smallest absolute Gasteiger partial charge is 0.289 e. The molecule has 0 fully saturated rings. The van der Waals surface area contributed by atoms with Crippen LogP contribution in [0, 0.1) is 11.7 Å². The monoisotopic (exact) mass is 286 g/mol. The van der Waals surface area contributed by atoms with E-state index < -0.39 is 23.3 Å². The summed E-state index contributed by atoms with van der Waals surface area (Å²) in [6.07, 6.45) is -0.888. The van der Waals surface area contributed by atoms with E-state index in [-0.39, 0.29) is 5.56 Å². The van der Waals surface area contributed by atoms with E-state index in [2.05, 4.69) is 6.92 Å². The van der Waals surface area contributed by atoms with Crippen molar-refractivity contribution in [2.45, 2.75) is 32.4 Å². The molecular weight excluding hydrogens is 272 g/mol. The number of benzene rings is 1. The molecule has 1 aliphatic rings. The molecule has 5 heteroatoms. The molecule has 1 unspecified atom stereocenters. The first-order valence-electron chi connectivity index (χ1n) is 6.39. The topological polar surface area (TPSA) is 17.1 Å². The molecule has 2 rings (SSSR count). The van der Waals surface area contributed by atoms with Crippen LogP contribution in [-0.2, 0) is 6.18 Å². The van der Waals surface area contributed by atoms with Gasteiger partial charge in [-0.3, -0.25) is 4.79 Å². The molecule has 1 nitrogen and oxygen atoms in total. The van der Waals surface area contributed by atoms with Crippen molar-refractivity contribution in [1.29, 1.82) is 0 Å². The van der Waals surface area contributed by atoms with E-state index >= 15 is 0 Å². The average Bonchev–Trinajstić information content (AvgIpc) is 2.38. The molecule has 0 bridgehead atoms. The predicted octanol–water partition coefficient (Wildman–Crippen LogP) is 4.77. The Morgan fingerprint density at radius 1 is 1.30 bits per heavy atom. The highest BCUT2D eigenvalue weighted by Gasteiger charge is 2.34. The van der Waals surface area contributed by atoms with Crippen LogP contribution >= 0.6 is 0 Å². The number of ketones is 1. The maximum atomic E-state index is 13.2. The van der Waals surface area contributed by atoms with Crippen LogP contribution in [0.3, 0.4) is 0 Å². The average molecular weight is 286 g/mol. The quantitative estimate of drug-likeness (QED) is 0.565. The summed E-state index contributed by atoms with van der Waals surface area (Å²) in [5.41, 5.74) is -0.990. The van der Waals surface area contributed by atoms with E-state index in [4.69, 9.17) is 0 Å². The normalized spacial score (nSPS) is 19.6. The lowest BCUT2D eigenvalue weighted by Crippen LogP contribution is -2.13. The van der Waals surface area contributed by atoms with Gasteiger partial charge < -0.3 is 0 Å². The molecule has 0 saturated heterocycles. The van der Waals surface area contributed by atoms with Crippen LogP contribution < -0.4 is 0 Å². The van der Waals surface area contributed by atoms with Crippen molar-refractivity contribution in [3.8, 4) is 0 Å². The van der Waals surface area contributed by atoms with Gasteiger partial charge in [0.05, 0.1) is 5.56 Å². The maximum Gasteiger partial charge on any atom is 0.419 e. The number of carbonyl (C=O) groups excluding carboxylic acids is 1. The third-order valence-electron chi connectivity index (χ3n) is 3.50. The number of alkyl halides is 3. The first-order chi connectivity index (χ1) is 9.29. The lowest BCUT2D eigenvalue weighted by atomic mass is 9.87. The number of carbonyl (C=O) groups is 1. The summed E-state index contributed by atoms with van der Waals surface area (Å²) in [7, 11) is 0. The van der Waals surface area contributed by atoms with Gasteiger partial charge in [0.2, 0.25) is 0 Å². The number of rotatable bonds is 2. The van der Waals surface area contributed by atoms with Gasteiger partial charge in [0.1, 0.15) is 5.82 Å². The summed E-state index contributed by atoms with van der Waals surface area (Å²) in [6, 6.07) is 2.39. The fourth-order valence-electron chi connectivity index (χ4n) is 2.24. The Labute approximate surface area is 114 Å². The van der Waals surface area contributed by atoms with Crippen LogP contribution in [0.1, 0.15) is 42.1 Å². The molecule has 0 amide bonds. The Balaban J connectivity index is 2.32. The highest BCUT2D eigenvalue weighted by molar-refractivity contribution is 6.08. The van der Waals surface area contributed by atoms with Crippen molar-refractivity contribution in [2.75, 3.05) is 0 Å². The largest absolute Gasteiger partial charge is 0.419 e. The predicted molar refractivity (Wildman–Crippen MR) is 66.8 cm³/mol. The van der Waals surface area contributed by atoms with E-state index in [1.807, 2.05) is 0 Å². The fraction of sp³-hybridized carbons (Fsp3) is 0.400. The van der Waals surface area contributed by atoms with Gasteiger partial charge in [-0.05, 0) is 49.0 Å². The van der Waals surface area contributed by atoms with Crippen LogP contribution in [0.5, 0.6) is 0 Å². The molecule has 1 aromatic rings. The summed E-state index contributed by atoms with van der Waals surface area (Å²) in [5.74, 6) is -1.33. The van der Waals surface area contributed by atoms with Gasteiger partial charge in [-0.2, -0.15) is 13.2 Å². The second kappa shape index (κ2) is 5.38. The Morgan fingerprint density at radius 2 is 2.00 bits per heavy atom. The molecule has 20 heavy (non-hydrogen) atoms. The SMILES string of the molecule is CC1CC=C(C(=O)c2ccc(F)c(C(F)(F)F)c2)CC1. The van der Waals surface area contributed by atoms with Gasteiger partial charge in [-0.15, -0.1) is 0 Å². The zero-order valence-electron chi connectivity index (χ0n) is 10.9. The third-order valence-corrected chi connectivity index (χ3v) is 3.50.